The first-order valence-electron chi connectivity index (χ1n) is 8.66. The molecule has 2 aliphatic rings. The predicted molar refractivity (Wildman–Crippen MR) is 96.8 cm³/mol. The lowest BCUT2D eigenvalue weighted by molar-refractivity contribution is 0.163. The summed E-state index contributed by atoms with van der Waals surface area (Å²) >= 11 is 0. The molecule has 4 nitrogen and oxygen atoms in total. The molecule has 2 atom stereocenters. The zero-order valence-corrected chi connectivity index (χ0v) is 14.6. The molecule has 0 saturated carbocycles. The SMILES string of the molecule is CCCCCNC1Nc2c(C)cc(C)cc2C=C1C1=NC(C)O1. The molecule has 0 bridgehead atoms. The van der Waals surface area contributed by atoms with Gasteiger partial charge in [0.25, 0.3) is 0 Å². The maximum Gasteiger partial charge on any atom is 0.220 e. The Morgan fingerprint density at radius 3 is 2.74 bits per heavy atom. The zero-order chi connectivity index (χ0) is 16.4. The molecule has 0 amide bonds. The van der Waals surface area contributed by atoms with Crippen LogP contribution in [-0.2, 0) is 4.74 Å². The van der Waals surface area contributed by atoms with E-state index >= 15 is 0 Å². The van der Waals surface area contributed by atoms with Crippen molar-refractivity contribution in [3.8, 4) is 0 Å². The lowest BCUT2D eigenvalue weighted by Crippen LogP contribution is -2.45. The van der Waals surface area contributed by atoms with E-state index in [-0.39, 0.29) is 12.4 Å². The summed E-state index contributed by atoms with van der Waals surface area (Å²) in [5.74, 6) is 0.766. The Labute approximate surface area is 139 Å². The van der Waals surface area contributed by atoms with Gasteiger partial charge in [-0.2, -0.15) is 0 Å². The van der Waals surface area contributed by atoms with E-state index in [9.17, 15) is 0 Å². The van der Waals surface area contributed by atoms with Crippen LogP contribution in [0.4, 0.5) is 5.69 Å². The highest BCUT2D eigenvalue weighted by molar-refractivity contribution is 6.03. The van der Waals surface area contributed by atoms with Crippen LogP contribution in [0.3, 0.4) is 0 Å². The standard InChI is InChI=1S/C19H27N3O/c1-5-6-7-8-20-18-16(19-21-14(4)23-19)11-15-10-12(2)9-13(3)17(15)22-18/h9-11,14,18,20,22H,5-8H2,1-4H3. The van der Waals surface area contributed by atoms with E-state index in [1.54, 1.807) is 0 Å². The van der Waals surface area contributed by atoms with Gasteiger partial charge < -0.3 is 10.1 Å². The van der Waals surface area contributed by atoms with Gasteiger partial charge in [0.05, 0.1) is 5.57 Å². The van der Waals surface area contributed by atoms with Gasteiger partial charge >= 0.3 is 0 Å². The van der Waals surface area contributed by atoms with Crippen LogP contribution in [-0.4, -0.2) is 24.8 Å². The number of benzene rings is 1. The summed E-state index contributed by atoms with van der Waals surface area (Å²) in [5, 5.41) is 7.26. The van der Waals surface area contributed by atoms with E-state index < -0.39 is 0 Å². The van der Waals surface area contributed by atoms with Gasteiger partial charge in [0.2, 0.25) is 5.90 Å². The summed E-state index contributed by atoms with van der Waals surface area (Å²) in [6, 6.07) is 4.43. The second-order valence-electron chi connectivity index (χ2n) is 6.54. The Kier molecular flexibility index (Phi) is 4.71. The Bertz CT molecular complexity index is 648. The quantitative estimate of drug-likeness (QED) is 0.781. The maximum absolute atomic E-state index is 5.71. The molecule has 0 spiro atoms. The maximum atomic E-state index is 5.71. The lowest BCUT2D eigenvalue weighted by atomic mass is 9.96. The fraction of sp³-hybridized carbons (Fsp3) is 0.526. The van der Waals surface area contributed by atoms with Crippen LogP contribution in [0, 0.1) is 13.8 Å². The van der Waals surface area contributed by atoms with E-state index in [2.05, 4.69) is 54.6 Å². The van der Waals surface area contributed by atoms with Crippen LogP contribution in [0.2, 0.25) is 0 Å². The zero-order valence-electron chi connectivity index (χ0n) is 14.6. The van der Waals surface area contributed by atoms with Gasteiger partial charge in [-0.3, -0.25) is 5.32 Å². The predicted octanol–water partition coefficient (Wildman–Crippen LogP) is 3.99. The molecule has 124 valence electrons. The highest BCUT2D eigenvalue weighted by Gasteiger charge is 2.30. The second-order valence-corrected chi connectivity index (χ2v) is 6.54. The highest BCUT2D eigenvalue weighted by atomic mass is 16.5. The molecule has 0 aliphatic carbocycles. The number of aliphatic imine (C=N–C) groups is 1. The normalized spacial score (nSPS) is 22.3. The second kappa shape index (κ2) is 6.75. The van der Waals surface area contributed by atoms with E-state index in [1.807, 2.05) is 6.92 Å². The van der Waals surface area contributed by atoms with Gasteiger partial charge in [0.1, 0.15) is 6.17 Å². The van der Waals surface area contributed by atoms with Crippen molar-refractivity contribution in [3.63, 3.8) is 0 Å². The van der Waals surface area contributed by atoms with Gasteiger partial charge in [-0.25, -0.2) is 4.99 Å². The van der Waals surface area contributed by atoms with E-state index in [4.69, 9.17) is 4.74 Å². The van der Waals surface area contributed by atoms with Crippen molar-refractivity contribution in [2.24, 2.45) is 4.99 Å². The molecule has 0 radical (unpaired) electrons. The minimum Gasteiger partial charge on any atom is -0.452 e. The first-order valence-corrected chi connectivity index (χ1v) is 8.66. The molecule has 23 heavy (non-hydrogen) atoms. The number of nitrogens with zero attached hydrogens (tertiary/aromatic N) is 1. The Balaban J connectivity index is 1.86. The summed E-state index contributed by atoms with van der Waals surface area (Å²) in [7, 11) is 0. The largest absolute Gasteiger partial charge is 0.452 e. The van der Waals surface area contributed by atoms with Crippen LogP contribution in [0.5, 0.6) is 0 Å². The first-order chi connectivity index (χ1) is 11.1. The molecular formula is C19H27N3O. The summed E-state index contributed by atoms with van der Waals surface area (Å²) in [6.07, 6.45) is 5.93. The van der Waals surface area contributed by atoms with Gasteiger partial charge in [-0.1, -0.05) is 31.4 Å². The number of nitrogens with one attached hydrogen (secondary N) is 2. The molecule has 2 aliphatic heterocycles. The molecule has 2 N–H and O–H groups in total. The monoisotopic (exact) mass is 313 g/mol. The van der Waals surface area contributed by atoms with Gasteiger partial charge in [0.15, 0.2) is 6.23 Å². The number of rotatable bonds is 6. The Morgan fingerprint density at radius 1 is 1.26 bits per heavy atom. The Morgan fingerprint density at radius 2 is 2.04 bits per heavy atom. The summed E-state index contributed by atoms with van der Waals surface area (Å²) in [6.45, 7) is 9.48. The molecule has 0 aromatic heterocycles. The summed E-state index contributed by atoms with van der Waals surface area (Å²) in [4.78, 5) is 4.50. The van der Waals surface area contributed by atoms with Crippen LogP contribution in [0.1, 0.15) is 49.8 Å². The minimum atomic E-state index is -0.0210. The Hall–Kier alpha value is -1.81. The molecule has 2 unspecified atom stereocenters. The first kappa shape index (κ1) is 16.1. The smallest absolute Gasteiger partial charge is 0.220 e. The van der Waals surface area contributed by atoms with Crippen LogP contribution in [0.15, 0.2) is 22.7 Å². The van der Waals surface area contributed by atoms with Crippen LogP contribution in [0.25, 0.3) is 6.08 Å². The van der Waals surface area contributed by atoms with Crippen molar-refractivity contribution in [2.75, 3.05) is 11.9 Å². The number of fused-ring (bicyclic) bond motifs is 1. The van der Waals surface area contributed by atoms with Crippen LogP contribution < -0.4 is 10.6 Å². The van der Waals surface area contributed by atoms with Gasteiger partial charge in [0, 0.05) is 5.69 Å². The third kappa shape index (κ3) is 3.42. The van der Waals surface area contributed by atoms with Crippen LogP contribution >= 0.6 is 0 Å². The molecule has 1 aromatic carbocycles. The van der Waals surface area contributed by atoms with Crippen molar-refractivity contribution < 1.29 is 4.74 Å². The lowest BCUT2D eigenvalue weighted by Gasteiger charge is -2.34. The third-order valence-corrected chi connectivity index (χ3v) is 4.38. The number of hydrogen-bond donors (Lipinski definition) is 2. The van der Waals surface area contributed by atoms with Crippen molar-refractivity contribution >= 4 is 17.7 Å². The van der Waals surface area contributed by atoms with E-state index in [1.165, 1.54) is 41.6 Å². The molecular weight excluding hydrogens is 286 g/mol. The van der Waals surface area contributed by atoms with E-state index in [0.29, 0.717) is 0 Å². The highest BCUT2D eigenvalue weighted by Crippen LogP contribution is 2.32. The third-order valence-electron chi connectivity index (χ3n) is 4.38. The van der Waals surface area contributed by atoms with Gasteiger partial charge in [-0.15, -0.1) is 0 Å². The summed E-state index contributed by atoms with van der Waals surface area (Å²) < 4.78 is 5.71. The van der Waals surface area contributed by atoms with Crippen molar-refractivity contribution in [1.82, 2.24) is 5.32 Å². The van der Waals surface area contributed by atoms with Crippen molar-refractivity contribution in [1.29, 1.82) is 0 Å². The summed E-state index contributed by atoms with van der Waals surface area (Å²) in [5.41, 5.74) is 6.09. The van der Waals surface area contributed by atoms with E-state index in [0.717, 1.165) is 18.0 Å². The molecule has 3 rings (SSSR count). The van der Waals surface area contributed by atoms with Crippen molar-refractivity contribution in [3.05, 3.63) is 34.4 Å². The number of hydrogen-bond acceptors (Lipinski definition) is 4. The number of ether oxygens (including phenoxy) is 1. The minimum absolute atomic E-state index is 0.0210. The number of unbranched alkanes of at least 4 members (excludes halogenated alkanes) is 2. The average molecular weight is 313 g/mol. The van der Waals surface area contributed by atoms with Gasteiger partial charge in [-0.05, 0) is 57.0 Å². The van der Waals surface area contributed by atoms with Crippen molar-refractivity contribution in [2.45, 2.75) is 59.4 Å². The molecule has 2 heterocycles. The molecule has 0 fully saturated rings. The fourth-order valence-corrected chi connectivity index (χ4v) is 3.23. The topological polar surface area (TPSA) is 45.7 Å². The number of aryl methyl sites for hydroxylation is 2. The molecule has 0 saturated heterocycles. The molecule has 4 heteroatoms. The average Bonchev–Trinajstić information content (AvgIpc) is 2.48. The fourth-order valence-electron chi connectivity index (χ4n) is 3.23. The molecule has 1 aromatic rings. The number of anilines is 1.